The lowest BCUT2D eigenvalue weighted by Crippen LogP contribution is -2.10. The summed E-state index contributed by atoms with van der Waals surface area (Å²) in [4.78, 5) is 4.10. The number of aliphatic hydroxyl groups excluding tert-OH is 1. The first kappa shape index (κ1) is 11.9. The van der Waals surface area contributed by atoms with E-state index < -0.39 is 0 Å². The second-order valence-electron chi connectivity index (χ2n) is 5.23. The van der Waals surface area contributed by atoms with Crippen molar-refractivity contribution in [3.05, 3.63) is 48.0 Å². The summed E-state index contributed by atoms with van der Waals surface area (Å²) in [6, 6.07) is 8.41. The van der Waals surface area contributed by atoms with Crippen molar-refractivity contribution in [3.63, 3.8) is 0 Å². The third-order valence-electron chi connectivity index (χ3n) is 2.83. The van der Waals surface area contributed by atoms with Crippen LogP contribution in [-0.2, 0) is 12.0 Å². The second-order valence-corrected chi connectivity index (χ2v) is 5.23. The number of rotatable bonds is 2. The van der Waals surface area contributed by atoms with Crippen molar-refractivity contribution in [3.8, 4) is 5.69 Å². The molecule has 3 nitrogen and oxygen atoms in total. The molecule has 0 atom stereocenters. The summed E-state index contributed by atoms with van der Waals surface area (Å²) in [6.07, 6.45) is 3.56. The van der Waals surface area contributed by atoms with Crippen LogP contribution in [0.5, 0.6) is 0 Å². The summed E-state index contributed by atoms with van der Waals surface area (Å²) in [7, 11) is 0. The van der Waals surface area contributed by atoms with Gasteiger partial charge in [0.05, 0.1) is 18.6 Å². The fourth-order valence-corrected chi connectivity index (χ4v) is 1.72. The van der Waals surface area contributed by atoms with E-state index in [2.05, 4.69) is 50.0 Å². The Morgan fingerprint density at radius 1 is 1.18 bits per heavy atom. The molecule has 0 spiro atoms. The Morgan fingerprint density at radius 2 is 1.82 bits per heavy atom. The molecule has 0 saturated heterocycles. The Bertz CT molecular complexity index is 492. The standard InChI is InChI=1S/C14H18N2O/c1-14(2,3)11-4-6-13(7-5-11)16-8-12(9-17)15-10-16/h4-8,10,17H,9H2,1-3H3. The van der Waals surface area contributed by atoms with Gasteiger partial charge in [-0.3, -0.25) is 0 Å². The van der Waals surface area contributed by atoms with Crippen molar-refractivity contribution in [2.45, 2.75) is 32.8 Å². The van der Waals surface area contributed by atoms with E-state index in [1.807, 2.05) is 10.8 Å². The lowest BCUT2D eigenvalue weighted by atomic mass is 9.87. The normalized spacial score (nSPS) is 11.8. The monoisotopic (exact) mass is 230 g/mol. The molecule has 1 aromatic carbocycles. The summed E-state index contributed by atoms with van der Waals surface area (Å²) in [5.41, 5.74) is 3.22. The minimum Gasteiger partial charge on any atom is -0.390 e. The molecule has 2 rings (SSSR count). The van der Waals surface area contributed by atoms with E-state index in [1.54, 1.807) is 6.33 Å². The molecule has 0 unspecified atom stereocenters. The number of aromatic nitrogens is 2. The van der Waals surface area contributed by atoms with Crippen molar-refractivity contribution in [2.75, 3.05) is 0 Å². The highest BCUT2D eigenvalue weighted by Crippen LogP contribution is 2.23. The van der Waals surface area contributed by atoms with Crippen LogP contribution in [0.25, 0.3) is 5.69 Å². The maximum atomic E-state index is 8.97. The van der Waals surface area contributed by atoms with Gasteiger partial charge in [-0.15, -0.1) is 0 Å². The molecule has 0 aliphatic carbocycles. The fraction of sp³-hybridized carbons (Fsp3) is 0.357. The van der Waals surface area contributed by atoms with Gasteiger partial charge in [0.2, 0.25) is 0 Å². The van der Waals surface area contributed by atoms with E-state index in [0.29, 0.717) is 5.69 Å². The van der Waals surface area contributed by atoms with Gasteiger partial charge in [0.15, 0.2) is 0 Å². The zero-order valence-electron chi connectivity index (χ0n) is 10.5. The maximum absolute atomic E-state index is 8.97. The summed E-state index contributed by atoms with van der Waals surface area (Å²) in [5.74, 6) is 0. The minimum absolute atomic E-state index is 0.0208. The largest absolute Gasteiger partial charge is 0.390 e. The molecule has 0 aliphatic rings. The van der Waals surface area contributed by atoms with Gasteiger partial charge >= 0.3 is 0 Å². The van der Waals surface area contributed by atoms with Crippen LogP contribution < -0.4 is 0 Å². The molecular formula is C14H18N2O. The lowest BCUT2D eigenvalue weighted by molar-refractivity contribution is 0.277. The molecule has 3 heteroatoms. The molecule has 0 saturated carbocycles. The van der Waals surface area contributed by atoms with Crippen molar-refractivity contribution in [1.82, 2.24) is 9.55 Å². The topological polar surface area (TPSA) is 38.0 Å². The Kier molecular flexibility index (Phi) is 3.03. The molecule has 2 aromatic rings. The fourth-order valence-electron chi connectivity index (χ4n) is 1.72. The third kappa shape index (κ3) is 2.56. The highest BCUT2D eigenvalue weighted by atomic mass is 16.3. The summed E-state index contributed by atoms with van der Waals surface area (Å²) in [6.45, 7) is 6.57. The number of imidazole rings is 1. The van der Waals surface area contributed by atoms with Gasteiger partial charge in [0.25, 0.3) is 0 Å². The van der Waals surface area contributed by atoms with Crippen LogP contribution in [0.4, 0.5) is 0 Å². The molecule has 17 heavy (non-hydrogen) atoms. The first-order chi connectivity index (χ1) is 8.00. The summed E-state index contributed by atoms with van der Waals surface area (Å²) >= 11 is 0. The number of hydrogen-bond donors (Lipinski definition) is 1. The van der Waals surface area contributed by atoms with Gasteiger partial charge < -0.3 is 9.67 Å². The van der Waals surface area contributed by atoms with E-state index in [4.69, 9.17) is 5.11 Å². The average molecular weight is 230 g/mol. The van der Waals surface area contributed by atoms with Gasteiger partial charge in [0.1, 0.15) is 0 Å². The summed E-state index contributed by atoms with van der Waals surface area (Å²) in [5, 5.41) is 8.97. The van der Waals surface area contributed by atoms with Crippen molar-refractivity contribution in [1.29, 1.82) is 0 Å². The molecule has 0 bridgehead atoms. The van der Waals surface area contributed by atoms with Crippen LogP contribution >= 0.6 is 0 Å². The minimum atomic E-state index is -0.0208. The van der Waals surface area contributed by atoms with Gasteiger partial charge in [-0.05, 0) is 23.1 Å². The molecule has 0 fully saturated rings. The SMILES string of the molecule is CC(C)(C)c1ccc(-n2cnc(CO)c2)cc1. The predicted octanol–water partition coefficient (Wildman–Crippen LogP) is 2.66. The zero-order chi connectivity index (χ0) is 12.5. The van der Waals surface area contributed by atoms with Crippen molar-refractivity contribution < 1.29 is 5.11 Å². The van der Waals surface area contributed by atoms with E-state index in [9.17, 15) is 0 Å². The van der Waals surface area contributed by atoms with E-state index >= 15 is 0 Å². The van der Waals surface area contributed by atoms with Crippen LogP contribution in [-0.4, -0.2) is 14.7 Å². The van der Waals surface area contributed by atoms with Crippen LogP contribution in [0, 0.1) is 0 Å². The van der Waals surface area contributed by atoms with Gasteiger partial charge in [-0.2, -0.15) is 0 Å². The first-order valence-corrected chi connectivity index (χ1v) is 5.75. The Labute approximate surface area is 102 Å². The van der Waals surface area contributed by atoms with E-state index in [1.165, 1.54) is 5.56 Å². The smallest absolute Gasteiger partial charge is 0.0996 e. The molecule has 1 aromatic heterocycles. The van der Waals surface area contributed by atoms with E-state index in [0.717, 1.165) is 5.69 Å². The van der Waals surface area contributed by atoms with Gasteiger partial charge in [0, 0.05) is 11.9 Å². The van der Waals surface area contributed by atoms with Crippen LogP contribution in [0.2, 0.25) is 0 Å². The van der Waals surface area contributed by atoms with Crippen LogP contribution in [0.1, 0.15) is 32.0 Å². The lowest BCUT2D eigenvalue weighted by Gasteiger charge is -2.19. The number of nitrogens with zero attached hydrogens (tertiary/aromatic N) is 2. The molecule has 1 N–H and O–H groups in total. The zero-order valence-corrected chi connectivity index (χ0v) is 10.5. The first-order valence-electron chi connectivity index (χ1n) is 5.75. The maximum Gasteiger partial charge on any atom is 0.0996 e. The highest BCUT2D eigenvalue weighted by Gasteiger charge is 2.12. The Hall–Kier alpha value is -1.61. The molecule has 1 heterocycles. The predicted molar refractivity (Wildman–Crippen MR) is 68.2 cm³/mol. The van der Waals surface area contributed by atoms with Crippen LogP contribution in [0.3, 0.4) is 0 Å². The molecule has 90 valence electrons. The molecule has 0 radical (unpaired) electrons. The number of benzene rings is 1. The van der Waals surface area contributed by atoms with Crippen molar-refractivity contribution >= 4 is 0 Å². The highest BCUT2D eigenvalue weighted by molar-refractivity contribution is 5.37. The average Bonchev–Trinajstić information content (AvgIpc) is 2.76. The molecular weight excluding hydrogens is 212 g/mol. The second kappa shape index (κ2) is 4.34. The number of aliphatic hydroxyl groups is 1. The third-order valence-corrected chi connectivity index (χ3v) is 2.83. The quantitative estimate of drug-likeness (QED) is 0.861. The molecule has 0 aliphatic heterocycles. The molecule has 0 amide bonds. The number of hydrogen-bond acceptors (Lipinski definition) is 2. The van der Waals surface area contributed by atoms with E-state index in [-0.39, 0.29) is 12.0 Å². The van der Waals surface area contributed by atoms with Crippen molar-refractivity contribution in [2.24, 2.45) is 0 Å². The summed E-state index contributed by atoms with van der Waals surface area (Å²) < 4.78 is 1.91. The van der Waals surface area contributed by atoms with Gasteiger partial charge in [-0.25, -0.2) is 4.98 Å². The Morgan fingerprint density at radius 3 is 2.29 bits per heavy atom. The van der Waals surface area contributed by atoms with Gasteiger partial charge in [-0.1, -0.05) is 32.9 Å². The Balaban J connectivity index is 2.29. The van der Waals surface area contributed by atoms with Crippen LogP contribution in [0.15, 0.2) is 36.8 Å².